The average molecular weight is 297 g/mol. The predicted molar refractivity (Wildman–Crippen MR) is 84.0 cm³/mol. The van der Waals surface area contributed by atoms with E-state index in [1.807, 2.05) is 0 Å². The zero-order valence-corrected chi connectivity index (χ0v) is 13.7. The molecule has 1 aliphatic rings. The summed E-state index contributed by atoms with van der Waals surface area (Å²) in [6.07, 6.45) is 10.7. The van der Waals surface area contributed by atoms with Crippen molar-refractivity contribution in [3.05, 3.63) is 0 Å². The predicted octanol–water partition coefficient (Wildman–Crippen LogP) is 3.68. The quantitative estimate of drug-likeness (QED) is 0.456. The smallest absolute Gasteiger partial charge is 0.328 e. The Morgan fingerprint density at radius 2 is 1.71 bits per heavy atom. The van der Waals surface area contributed by atoms with Crippen LogP contribution >= 0.6 is 0 Å². The largest absolute Gasteiger partial charge is 0.464 e. The van der Waals surface area contributed by atoms with E-state index in [-0.39, 0.29) is 17.9 Å². The summed E-state index contributed by atoms with van der Waals surface area (Å²) in [5.41, 5.74) is 0. The molecule has 0 aliphatic carbocycles. The van der Waals surface area contributed by atoms with Crippen molar-refractivity contribution in [2.45, 2.75) is 84.1 Å². The highest BCUT2D eigenvalue weighted by Gasteiger charge is 2.34. The molecule has 0 aromatic heterocycles. The maximum Gasteiger partial charge on any atom is 0.328 e. The maximum atomic E-state index is 12.2. The number of nitrogens with zero attached hydrogens (tertiary/aromatic N) is 1. The fourth-order valence-corrected chi connectivity index (χ4v) is 2.93. The van der Waals surface area contributed by atoms with E-state index >= 15 is 0 Å². The molecule has 4 heteroatoms. The molecule has 1 saturated heterocycles. The lowest BCUT2D eigenvalue weighted by Crippen LogP contribution is -2.41. The van der Waals surface area contributed by atoms with E-state index in [0.29, 0.717) is 19.6 Å². The number of rotatable bonds is 10. The summed E-state index contributed by atoms with van der Waals surface area (Å²) in [4.78, 5) is 25.8. The summed E-state index contributed by atoms with van der Waals surface area (Å²) in [5.74, 6) is -0.109. The van der Waals surface area contributed by atoms with Gasteiger partial charge in [0.15, 0.2) is 0 Å². The Balaban J connectivity index is 2.20. The highest BCUT2D eigenvalue weighted by atomic mass is 16.5. The van der Waals surface area contributed by atoms with Crippen LogP contribution in [0, 0.1) is 0 Å². The van der Waals surface area contributed by atoms with Gasteiger partial charge in [-0.15, -0.1) is 0 Å². The molecule has 1 unspecified atom stereocenters. The summed E-state index contributed by atoms with van der Waals surface area (Å²) in [5, 5.41) is 0. The molecule has 0 aromatic carbocycles. The van der Waals surface area contributed by atoms with E-state index in [1.165, 1.54) is 32.1 Å². The summed E-state index contributed by atoms with van der Waals surface area (Å²) in [7, 11) is 0. The van der Waals surface area contributed by atoms with Crippen LogP contribution in [-0.2, 0) is 14.3 Å². The second kappa shape index (κ2) is 10.6. The summed E-state index contributed by atoms with van der Waals surface area (Å²) < 4.78 is 5.05. The van der Waals surface area contributed by atoms with Crippen LogP contribution in [0.4, 0.5) is 0 Å². The van der Waals surface area contributed by atoms with E-state index in [0.717, 1.165) is 25.7 Å². The Morgan fingerprint density at radius 1 is 1.05 bits per heavy atom. The number of hydrogen-bond donors (Lipinski definition) is 0. The van der Waals surface area contributed by atoms with Gasteiger partial charge in [-0.25, -0.2) is 4.79 Å². The van der Waals surface area contributed by atoms with Crippen LogP contribution in [0.15, 0.2) is 0 Å². The molecule has 0 bridgehead atoms. The lowest BCUT2D eigenvalue weighted by molar-refractivity contribution is -0.153. The molecule has 1 fully saturated rings. The second-order valence-corrected chi connectivity index (χ2v) is 5.87. The van der Waals surface area contributed by atoms with Gasteiger partial charge in [0.1, 0.15) is 6.04 Å². The number of carbonyl (C=O) groups excluding carboxylic acids is 2. The molecule has 0 saturated carbocycles. The van der Waals surface area contributed by atoms with Gasteiger partial charge in [-0.05, 0) is 26.2 Å². The van der Waals surface area contributed by atoms with Crippen molar-refractivity contribution in [3.63, 3.8) is 0 Å². The lowest BCUT2D eigenvalue weighted by atomic mass is 10.1. The zero-order chi connectivity index (χ0) is 15.5. The van der Waals surface area contributed by atoms with Crippen molar-refractivity contribution in [2.24, 2.45) is 0 Å². The minimum Gasteiger partial charge on any atom is -0.464 e. The first-order valence-electron chi connectivity index (χ1n) is 8.66. The Kier molecular flexibility index (Phi) is 9.11. The topological polar surface area (TPSA) is 46.6 Å². The van der Waals surface area contributed by atoms with Crippen LogP contribution in [0.2, 0.25) is 0 Å². The van der Waals surface area contributed by atoms with Crippen molar-refractivity contribution in [1.29, 1.82) is 0 Å². The van der Waals surface area contributed by atoms with Gasteiger partial charge in [0.25, 0.3) is 0 Å². The van der Waals surface area contributed by atoms with Crippen LogP contribution in [-0.4, -0.2) is 36.0 Å². The monoisotopic (exact) mass is 297 g/mol. The van der Waals surface area contributed by atoms with Crippen LogP contribution in [0.3, 0.4) is 0 Å². The minimum absolute atomic E-state index is 0.124. The van der Waals surface area contributed by atoms with E-state index in [1.54, 1.807) is 11.8 Å². The van der Waals surface area contributed by atoms with Gasteiger partial charge in [-0.2, -0.15) is 0 Å². The van der Waals surface area contributed by atoms with E-state index in [4.69, 9.17) is 4.74 Å². The van der Waals surface area contributed by atoms with Crippen molar-refractivity contribution in [1.82, 2.24) is 4.90 Å². The van der Waals surface area contributed by atoms with Crippen LogP contribution in [0.25, 0.3) is 0 Å². The molecule has 1 atom stereocenters. The molecule has 0 N–H and O–H groups in total. The molecule has 1 aliphatic heterocycles. The molecule has 0 radical (unpaired) electrons. The number of amides is 1. The van der Waals surface area contributed by atoms with Gasteiger partial charge in [0, 0.05) is 13.0 Å². The van der Waals surface area contributed by atoms with E-state index < -0.39 is 0 Å². The number of hydrogen-bond acceptors (Lipinski definition) is 3. The third-order valence-corrected chi connectivity index (χ3v) is 4.13. The highest BCUT2D eigenvalue weighted by Crippen LogP contribution is 2.20. The van der Waals surface area contributed by atoms with Gasteiger partial charge in [-0.3, -0.25) is 4.79 Å². The van der Waals surface area contributed by atoms with Gasteiger partial charge in [0.2, 0.25) is 5.91 Å². The minimum atomic E-state index is -0.331. The molecule has 1 amide bonds. The van der Waals surface area contributed by atoms with Gasteiger partial charge in [-0.1, -0.05) is 45.4 Å². The Labute approximate surface area is 129 Å². The van der Waals surface area contributed by atoms with Crippen LogP contribution in [0.5, 0.6) is 0 Å². The number of esters is 1. The maximum absolute atomic E-state index is 12.2. The van der Waals surface area contributed by atoms with Crippen molar-refractivity contribution in [3.8, 4) is 0 Å². The summed E-state index contributed by atoms with van der Waals surface area (Å²) >= 11 is 0. The first kappa shape index (κ1) is 18.0. The van der Waals surface area contributed by atoms with Gasteiger partial charge in [0.05, 0.1) is 6.61 Å². The van der Waals surface area contributed by atoms with Crippen molar-refractivity contribution in [2.75, 3.05) is 13.2 Å². The molecule has 4 nitrogen and oxygen atoms in total. The number of carbonyl (C=O) groups is 2. The Hall–Kier alpha value is -1.06. The zero-order valence-electron chi connectivity index (χ0n) is 13.7. The lowest BCUT2D eigenvalue weighted by Gasteiger charge is -2.23. The first-order valence-corrected chi connectivity index (χ1v) is 8.66. The Morgan fingerprint density at radius 3 is 2.38 bits per heavy atom. The third-order valence-electron chi connectivity index (χ3n) is 4.13. The number of unbranched alkanes of at least 4 members (excludes halogenated alkanes) is 6. The second-order valence-electron chi connectivity index (χ2n) is 5.87. The molecule has 1 rings (SSSR count). The molecular weight excluding hydrogens is 266 g/mol. The molecular formula is C17H31NO3. The molecule has 0 spiro atoms. The van der Waals surface area contributed by atoms with Crippen LogP contribution in [0.1, 0.15) is 78.1 Å². The van der Waals surface area contributed by atoms with Gasteiger partial charge >= 0.3 is 5.97 Å². The molecule has 122 valence electrons. The number of ether oxygens (including phenoxy) is 1. The third kappa shape index (κ3) is 6.49. The standard InChI is InChI=1S/C17H31NO3/c1-3-5-6-7-8-9-10-13-16(19)18-14-11-12-15(18)17(20)21-4-2/h15H,3-14H2,1-2H3. The first-order chi connectivity index (χ1) is 10.2. The van der Waals surface area contributed by atoms with Gasteiger partial charge < -0.3 is 9.64 Å². The molecule has 21 heavy (non-hydrogen) atoms. The Bertz CT molecular complexity index is 317. The molecule has 0 aromatic rings. The van der Waals surface area contributed by atoms with Crippen LogP contribution < -0.4 is 0 Å². The highest BCUT2D eigenvalue weighted by molar-refractivity contribution is 5.85. The average Bonchev–Trinajstić information content (AvgIpc) is 2.96. The van der Waals surface area contributed by atoms with Crippen molar-refractivity contribution >= 4 is 11.9 Å². The normalized spacial score (nSPS) is 18.0. The fourth-order valence-electron chi connectivity index (χ4n) is 2.93. The SMILES string of the molecule is CCCCCCCCCC(=O)N1CCCC1C(=O)OCC. The van der Waals surface area contributed by atoms with E-state index in [9.17, 15) is 9.59 Å². The summed E-state index contributed by atoms with van der Waals surface area (Å²) in [6.45, 7) is 5.11. The summed E-state index contributed by atoms with van der Waals surface area (Å²) in [6, 6.07) is -0.331. The molecule has 1 heterocycles. The van der Waals surface area contributed by atoms with E-state index in [2.05, 4.69) is 6.92 Å². The fraction of sp³-hybridized carbons (Fsp3) is 0.882. The number of likely N-dealkylation sites (tertiary alicyclic amines) is 1. The van der Waals surface area contributed by atoms with Crippen molar-refractivity contribution < 1.29 is 14.3 Å².